The van der Waals surface area contributed by atoms with Crippen molar-refractivity contribution in [2.75, 3.05) is 4.72 Å². The lowest BCUT2D eigenvalue weighted by atomic mass is 10.1. The Morgan fingerprint density at radius 1 is 1.09 bits per heavy atom. The molecule has 0 aliphatic heterocycles. The molecule has 0 aliphatic carbocycles. The number of nitrogens with zero attached hydrogens (tertiary/aromatic N) is 4. The second kappa shape index (κ2) is 11.5. The third-order valence-corrected chi connectivity index (χ3v) is 7.71. The minimum absolute atomic E-state index is 0.0470. The lowest BCUT2D eigenvalue weighted by molar-refractivity contribution is -0.139. The number of rotatable bonds is 9. The number of pyridine rings is 2. The van der Waals surface area contributed by atoms with Gasteiger partial charge in [-0.3, -0.25) is 23.9 Å². The Bertz CT molecular complexity index is 2150. The van der Waals surface area contributed by atoms with Crippen LogP contribution in [0.5, 0.6) is 0 Å². The van der Waals surface area contributed by atoms with Crippen LogP contribution in [0.15, 0.2) is 86.4 Å². The summed E-state index contributed by atoms with van der Waals surface area (Å²) >= 11 is 0. The lowest BCUT2D eigenvalue weighted by Crippen LogP contribution is -2.42. The van der Waals surface area contributed by atoms with E-state index in [4.69, 9.17) is 4.42 Å². The number of aliphatic carboxylic acids is 1. The van der Waals surface area contributed by atoms with Gasteiger partial charge in [0.05, 0.1) is 34.6 Å². The van der Waals surface area contributed by atoms with Gasteiger partial charge in [-0.1, -0.05) is 6.07 Å². The van der Waals surface area contributed by atoms with Crippen LogP contribution in [0.4, 0.5) is 14.5 Å². The summed E-state index contributed by atoms with van der Waals surface area (Å²) < 4.78 is 62.6. The van der Waals surface area contributed by atoms with E-state index in [0.717, 1.165) is 16.9 Å². The van der Waals surface area contributed by atoms with Crippen LogP contribution in [0.25, 0.3) is 16.7 Å². The van der Waals surface area contributed by atoms with E-state index < -0.39 is 67.2 Å². The van der Waals surface area contributed by atoms with Crippen molar-refractivity contribution in [3.8, 4) is 5.82 Å². The lowest BCUT2D eigenvalue weighted by Gasteiger charge is -2.16. The van der Waals surface area contributed by atoms with Gasteiger partial charge in [0.25, 0.3) is 21.5 Å². The number of hydrogen-bond acceptors (Lipinski definition) is 9. The molecule has 0 unspecified atom stereocenters. The van der Waals surface area contributed by atoms with Gasteiger partial charge in [0.15, 0.2) is 0 Å². The number of carbonyl (C=O) groups is 2. The SMILES string of the molecule is Cn1c(=O)n(-c2ccc(C[C@H](NC(=O)c3cc(F)c(NS(=O)(=O)c4ccco4)cc3F)C(=O)O)cn2)c(=O)c2ccncc21. The van der Waals surface area contributed by atoms with E-state index in [1.807, 2.05) is 4.72 Å². The van der Waals surface area contributed by atoms with E-state index in [1.165, 1.54) is 54.5 Å². The Kier molecular flexibility index (Phi) is 7.79. The van der Waals surface area contributed by atoms with Gasteiger partial charge in [-0.2, -0.15) is 8.42 Å². The van der Waals surface area contributed by atoms with Crippen LogP contribution >= 0.6 is 0 Å². The van der Waals surface area contributed by atoms with Crippen LogP contribution in [0, 0.1) is 11.6 Å². The molecule has 5 aromatic rings. The summed E-state index contributed by atoms with van der Waals surface area (Å²) in [5.74, 6) is -5.51. The number of anilines is 1. The van der Waals surface area contributed by atoms with Crippen molar-refractivity contribution in [2.24, 2.45) is 7.05 Å². The molecular formula is C27H20F2N6O8S. The number of benzene rings is 1. The van der Waals surface area contributed by atoms with Gasteiger partial charge >= 0.3 is 11.7 Å². The fourth-order valence-corrected chi connectivity index (χ4v) is 5.24. The summed E-state index contributed by atoms with van der Waals surface area (Å²) in [6.45, 7) is 0. The number of carboxylic acids is 1. The van der Waals surface area contributed by atoms with E-state index in [9.17, 15) is 41.5 Å². The monoisotopic (exact) mass is 626 g/mol. The minimum Gasteiger partial charge on any atom is -0.480 e. The van der Waals surface area contributed by atoms with Gasteiger partial charge in [-0.15, -0.1) is 0 Å². The number of fused-ring (bicyclic) bond motifs is 1. The zero-order valence-electron chi connectivity index (χ0n) is 22.4. The molecule has 0 aliphatic rings. The Balaban J connectivity index is 1.35. The maximum absolute atomic E-state index is 14.8. The van der Waals surface area contributed by atoms with Crippen molar-refractivity contribution >= 4 is 38.5 Å². The van der Waals surface area contributed by atoms with Gasteiger partial charge in [0, 0.05) is 31.9 Å². The average Bonchev–Trinajstić information content (AvgIpc) is 3.55. The molecule has 44 heavy (non-hydrogen) atoms. The number of carbonyl (C=O) groups excluding carboxylic acids is 1. The fraction of sp³-hybridized carbons (Fsp3) is 0.111. The molecule has 226 valence electrons. The number of nitrogens with one attached hydrogen (secondary N) is 2. The van der Waals surface area contributed by atoms with Gasteiger partial charge in [-0.25, -0.2) is 27.9 Å². The van der Waals surface area contributed by atoms with E-state index in [2.05, 4.69) is 15.3 Å². The van der Waals surface area contributed by atoms with Gasteiger partial charge < -0.3 is 14.8 Å². The first-order valence-corrected chi connectivity index (χ1v) is 14.0. The summed E-state index contributed by atoms with van der Waals surface area (Å²) in [4.78, 5) is 58.5. The first-order chi connectivity index (χ1) is 20.9. The number of hydrogen-bond donors (Lipinski definition) is 3. The predicted octanol–water partition coefficient (Wildman–Crippen LogP) is 1.58. The van der Waals surface area contributed by atoms with Crippen molar-refractivity contribution in [3.05, 3.63) is 111 Å². The number of halogens is 2. The van der Waals surface area contributed by atoms with Gasteiger partial charge in [0.1, 0.15) is 23.5 Å². The van der Waals surface area contributed by atoms with Crippen molar-refractivity contribution in [1.29, 1.82) is 0 Å². The number of amides is 1. The molecule has 0 saturated heterocycles. The third kappa shape index (κ3) is 5.67. The molecule has 14 nitrogen and oxygen atoms in total. The Morgan fingerprint density at radius 3 is 2.52 bits per heavy atom. The van der Waals surface area contributed by atoms with Crippen LogP contribution < -0.4 is 21.3 Å². The summed E-state index contributed by atoms with van der Waals surface area (Å²) in [7, 11) is -2.94. The fourth-order valence-electron chi connectivity index (χ4n) is 4.25. The maximum Gasteiger partial charge on any atom is 0.337 e. The van der Waals surface area contributed by atoms with E-state index >= 15 is 0 Å². The van der Waals surface area contributed by atoms with Crippen molar-refractivity contribution < 1.29 is 36.3 Å². The smallest absolute Gasteiger partial charge is 0.337 e. The number of aryl methyl sites for hydroxylation is 1. The normalized spacial score (nSPS) is 12.2. The molecule has 4 aromatic heterocycles. The molecule has 0 radical (unpaired) electrons. The molecule has 0 spiro atoms. The molecule has 5 rings (SSSR count). The highest BCUT2D eigenvalue weighted by molar-refractivity contribution is 7.92. The maximum atomic E-state index is 14.8. The zero-order chi connectivity index (χ0) is 31.8. The highest BCUT2D eigenvalue weighted by Gasteiger charge is 2.26. The number of furan rings is 1. The molecule has 17 heteroatoms. The first kappa shape index (κ1) is 29.8. The van der Waals surface area contributed by atoms with Crippen LogP contribution in [0.3, 0.4) is 0 Å². The molecule has 0 fully saturated rings. The number of sulfonamides is 1. The Hall–Kier alpha value is -5.71. The summed E-state index contributed by atoms with van der Waals surface area (Å²) in [5.41, 5.74) is -2.46. The first-order valence-electron chi connectivity index (χ1n) is 12.5. The van der Waals surface area contributed by atoms with E-state index in [0.29, 0.717) is 17.6 Å². The standard InChI is InChI=1S/C27H20F2N6O8S/c1-34-21-13-30-7-6-15(21)25(37)35(27(34)40)22-5-4-14(12-31-22)9-20(26(38)39)32-24(36)16-10-18(29)19(11-17(16)28)33-44(41,42)23-3-2-8-43-23/h2-8,10-13,20,33H,9H2,1H3,(H,32,36)(H,38,39)/t20-/m0/s1. The summed E-state index contributed by atoms with van der Waals surface area (Å²) in [5, 5.41) is 11.4. The molecule has 4 heterocycles. The van der Waals surface area contributed by atoms with Gasteiger partial charge in [0.2, 0.25) is 5.09 Å². The summed E-state index contributed by atoms with van der Waals surface area (Å²) in [6, 6.07) is 5.69. The molecule has 3 N–H and O–H groups in total. The number of aromatic nitrogens is 4. The second-order valence-corrected chi connectivity index (χ2v) is 10.9. The van der Waals surface area contributed by atoms with E-state index in [-0.39, 0.29) is 23.2 Å². The zero-order valence-corrected chi connectivity index (χ0v) is 23.2. The molecule has 1 amide bonds. The van der Waals surface area contributed by atoms with Crippen molar-refractivity contribution in [2.45, 2.75) is 17.6 Å². The molecule has 0 saturated carbocycles. The minimum atomic E-state index is -4.39. The van der Waals surface area contributed by atoms with Crippen LogP contribution in [-0.4, -0.2) is 50.5 Å². The third-order valence-electron chi connectivity index (χ3n) is 6.46. The topological polar surface area (TPSA) is 195 Å². The Morgan fingerprint density at radius 2 is 1.86 bits per heavy atom. The largest absolute Gasteiger partial charge is 0.480 e. The molecular weight excluding hydrogens is 606 g/mol. The van der Waals surface area contributed by atoms with Crippen LogP contribution in [0.1, 0.15) is 15.9 Å². The predicted molar refractivity (Wildman–Crippen MR) is 149 cm³/mol. The molecule has 1 aromatic carbocycles. The number of carboxylic acid groups (broad SMARTS) is 1. The molecule has 0 bridgehead atoms. The van der Waals surface area contributed by atoms with Crippen molar-refractivity contribution in [1.82, 2.24) is 24.4 Å². The van der Waals surface area contributed by atoms with E-state index in [1.54, 1.807) is 0 Å². The van der Waals surface area contributed by atoms with Crippen LogP contribution in [-0.2, 0) is 28.3 Å². The average molecular weight is 627 g/mol. The van der Waals surface area contributed by atoms with Gasteiger partial charge in [-0.05, 0) is 35.9 Å². The highest BCUT2D eigenvalue weighted by atomic mass is 32.2. The van der Waals surface area contributed by atoms with Crippen molar-refractivity contribution in [3.63, 3.8) is 0 Å². The quantitative estimate of drug-likeness (QED) is 0.216. The summed E-state index contributed by atoms with van der Waals surface area (Å²) in [6.07, 6.45) is 4.66. The Labute approximate surface area is 245 Å². The molecule has 1 atom stereocenters. The second-order valence-electron chi connectivity index (χ2n) is 9.32. The van der Waals surface area contributed by atoms with Crippen LogP contribution in [0.2, 0.25) is 0 Å². The highest BCUT2D eigenvalue weighted by Crippen LogP contribution is 2.23.